The molecule has 1 fully saturated rings. The lowest BCUT2D eigenvalue weighted by molar-refractivity contribution is 0.200. The van der Waals surface area contributed by atoms with Crippen LogP contribution >= 0.6 is 15.9 Å². The predicted molar refractivity (Wildman–Crippen MR) is 68.6 cm³/mol. The smallest absolute Gasteiger partial charge is 0.321 e. The first kappa shape index (κ1) is 11.5. The number of benzene rings is 1. The monoisotopic (exact) mass is 282 g/mol. The number of rotatable bonds is 1. The standard InChI is InChI=1S/C12H15BrN2O/c13-10-5-4-6-11(9-10)14-12(16)15-7-2-1-3-8-15/h4-6,9H,1-3,7-8H2,(H,14,16). The number of urea groups is 1. The molecule has 0 aromatic heterocycles. The van der Waals surface area contributed by atoms with Crippen LogP contribution in [-0.2, 0) is 0 Å². The molecule has 1 aliphatic rings. The van der Waals surface area contributed by atoms with E-state index in [2.05, 4.69) is 21.2 Å². The van der Waals surface area contributed by atoms with Gasteiger partial charge in [0, 0.05) is 23.2 Å². The summed E-state index contributed by atoms with van der Waals surface area (Å²) in [5.41, 5.74) is 0.838. The van der Waals surface area contributed by atoms with E-state index < -0.39 is 0 Å². The van der Waals surface area contributed by atoms with Gasteiger partial charge >= 0.3 is 6.03 Å². The van der Waals surface area contributed by atoms with E-state index >= 15 is 0 Å². The van der Waals surface area contributed by atoms with E-state index in [1.54, 1.807) is 0 Å². The second-order valence-electron chi connectivity index (χ2n) is 3.99. The average molecular weight is 283 g/mol. The number of likely N-dealkylation sites (tertiary alicyclic amines) is 1. The molecule has 1 aromatic carbocycles. The largest absolute Gasteiger partial charge is 0.325 e. The van der Waals surface area contributed by atoms with Gasteiger partial charge in [0.1, 0.15) is 0 Å². The average Bonchev–Trinajstić information content (AvgIpc) is 2.30. The number of piperidine rings is 1. The van der Waals surface area contributed by atoms with E-state index in [-0.39, 0.29) is 6.03 Å². The third-order valence-corrected chi connectivity index (χ3v) is 3.21. The van der Waals surface area contributed by atoms with Gasteiger partial charge in [-0.05, 0) is 37.5 Å². The number of nitrogens with zero attached hydrogens (tertiary/aromatic N) is 1. The van der Waals surface area contributed by atoms with Crippen molar-refractivity contribution in [3.05, 3.63) is 28.7 Å². The highest BCUT2D eigenvalue weighted by Gasteiger charge is 2.16. The van der Waals surface area contributed by atoms with E-state index in [0.717, 1.165) is 36.1 Å². The SMILES string of the molecule is O=C(Nc1cccc(Br)c1)N1CCCCC1. The maximum atomic E-state index is 11.9. The number of carbonyl (C=O) groups excluding carboxylic acids is 1. The molecule has 0 atom stereocenters. The van der Waals surface area contributed by atoms with Crippen LogP contribution in [0.2, 0.25) is 0 Å². The highest BCUT2D eigenvalue weighted by atomic mass is 79.9. The van der Waals surface area contributed by atoms with E-state index in [4.69, 9.17) is 0 Å². The van der Waals surface area contributed by atoms with Gasteiger partial charge in [0.05, 0.1) is 0 Å². The van der Waals surface area contributed by atoms with Gasteiger partial charge in [-0.1, -0.05) is 22.0 Å². The molecule has 0 aliphatic carbocycles. The van der Waals surface area contributed by atoms with Crippen molar-refractivity contribution in [2.75, 3.05) is 18.4 Å². The molecule has 1 aliphatic heterocycles. The summed E-state index contributed by atoms with van der Waals surface area (Å²) in [7, 11) is 0. The first-order valence-corrected chi connectivity index (χ1v) is 6.36. The number of anilines is 1. The minimum atomic E-state index is 0.0119. The minimum absolute atomic E-state index is 0.0119. The molecule has 1 N–H and O–H groups in total. The zero-order valence-corrected chi connectivity index (χ0v) is 10.7. The Morgan fingerprint density at radius 1 is 1.25 bits per heavy atom. The van der Waals surface area contributed by atoms with E-state index in [9.17, 15) is 4.79 Å². The van der Waals surface area contributed by atoms with Crippen molar-refractivity contribution in [3.8, 4) is 0 Å². The Bertz CT molecular complexity index is 375. The Morgan fingerprint density at radius 3 is 2.69 bits per heavy atom. The summed E-state index contributed by atoms with van der Waals surface area (Å²) in [6.07, 6.45) is 3.47. The van der Waals surface area contributed by atoms with Gasteiger partial charge in [-0.15, -0.1) is 0 Å². The van der Waals surface area contributed by atoms with Crippen molar-refractivity contribution in [1.82, 2.24) is 4.90 Å². The molecule has 0 radical (unpaired) electrons. The van der Waals surface area contributed by atoms with Crippen LogP contribution in [0.4, 0.5) is 10.5 Å². The van der Waals surface area contributed by atoms with Crippen LogP contribution in [-0.4, -0.2) is 24.0 Å². The van der Waals surface area contributed by atoms with Crippen LogP contribution in [0.25, 0.3) is 0 Å². The maximum Gasteiger partial charge on any atom is 0.321 e. The number of halogens is 1. The van der Waals surface area contributed by atoms with E-state index in [1.165, 1.54) is 6.42 Å². The topological polar surface area (TPSA) is 32.3 Å². The summed E-state index contributed by atoms with van der Waals surface area (Å²) >= 11 is 3.38. The van der Waals surface area contributed by atoms with Crippen molar-refractivity contribution in [1.29, 1.82) is 0 Å². The normalized spacial score (nSPS) is 15.9. The fraction of sp³-hybridized carbons (Fsp3) is 0.417. The molecule has 0 saturated carbocycles. The summed E-state index contributed by atoms with van der Waals surface area (Å²) in [6, 6.07) is 7.67. The van der Waals surface area contributed by atoms with Gasteiger partial charge < -0.3 is 10.2 Å². The van der Waals surface area contributed by atoms with Crippen molar-refractivity contribution in [2.45, 2.75) is 19.3 Å². The van der Waals surface area contributed by atoms with Crippen molar-refractivity contribution in [3.63, 3.8) is 0 Å². The molecule has 0 unspecified atom stereocenters. The predicted octanol–water partition coefficient (Wildman–Crippen LogP) is 3.47. The Hall–Kier alpha value is -1.03. The molecule has 4 heteroatoms. The summed E-state index contributed by atoms with van der Waals surface area (Å²) < 4.78 is 0.976. The molecule has 0 bridgehead atoms. The zero-order chi connectivity index (χ0) is 11.4. The molecule has 1 heterocycles. The maximum absolute atomic E-state index is 11.9. The highest BCUT2D eigenvalue weighted by molar-refractivity contribution is 9.10. The van der Waals surface area contributed by atoms with Gasteiger partial charge in [-0.25, -0.2) is 4.79 Å². The number of amides is 2. The summed E-state index contributed by atoms with van der Waals surface area (Å²) in [5, 5.41) is 2.91. The molecule has 3 nitrogen and oxygen atoms in total. The van der Waals surface area contributed by atoms with Crippen molar-refractivity contribution < 1.29 is 4.79 Å². The lowest BCUT2D eigenvalue weighted by Gasteiger charge is -2.26. The number of hydrogen-bond acceptors (Lipinski definition) is 1. The van der Waals surface area contributed by atoms with Crippen molar-refractivity contribution in [2.24, 2.45) is 0 Å². The summed E-state index contributed by atoms with van der Waals surface area (Å²) in [6.45, 7) is 1.75. The third kappa shape index (κ3) is 2.98. The van der Waals surface area contributed by atoms with Crippen LogP contribution in [0.5, 0.6) is 0 Å². The lowest BCUT2D eigenvalue weighted by atomic mass is 10.1. The van der Waals surface area contributed by atoms with Gasteiger partial charge in [-0.3, -0.25) is 0 Å². The fourth-order valence-electron chi connectivity index (χ4n) is 1.87. The Kier molecular flexibility index (Phi) is 3.83. The second kappa shape index (κ2) is 5.34. The molecule has 2 rings (SSSR count). The second-order valence-corrected chi connectivity index (χ2v) is 4.90. The number of nitrogens with one attached hydrogen (secondary N) is 1. The van der Waals surface area contributed by atoms with Crippen LogP contribution < -0.4 is 5.32 Å². The first-order valence-electron chi connectivity index (χ1n) is 5.57. The molecule has 2 amide bonds. The summed E-state index contributed by atoms with van der Waals surface area (Å²) in [4.78, 5) is 13.8. The van der Waals surface area contributed by atoms with Gasteiger partial charge in [0.25, 0.3) is 0 Å². The highest BCUT2D eigenvalue weighted by Crippen LogP contribution is 2.17. The lowest BCUT2D eigenvalue weighted by Crippen LogP contribution is -2.38. The minimum Gasteiger partial charge on any atom is -0.325 e. The fourth-order valence-corrected chi connectivity index (χ4v) is 2.27. The molecule has 1 saturated heterocycles. The van der Waals surface area contributed by atoms with Crippen LogP contribution in [0, 0.1) is 0 Å². The van der Waals surface area contributed by atoms with Crippen molar-refractivity contribution >= 4 is 27.6 Å². The van der Waals surface area contributed by atoms with Crippen LogP contribution in [0.1, 0.15) is 19.3 Å². The first-order chi connectivity index (χ1) is 7.75. The van der Waals surface area contributed by atoms with Gasteiger partial charge in [0.2, 0.25) is 0 Å². The van der Waals surface area contributed by atoms with Gasteiger partial charge in [-0.2, -0.15) is 0 Å². The number of carbonyl (C=O) groups is 1. The summed E-state index contributed by atoms with van der Waals surface area (Å²) in [5.74, 6) is 0. The quantitative estimate of drug-likeness (QED) is 0.841. The third-order valence-electron chi connectivity index (χ3n) is 2.72. The Balaban J connectivity index is 1.96. The molecule has 16 heavy (non-hydrogen) atoms. The Labute approximate surface area is 104 Å². The molecular weight excluding hydrogens is 268 g/mol. The molecule has 86 valence electrons. The van der Waals surface area contributed by atoms with Gasteiger partial charge in [0.15, 0.2) is 0 Å². The van der Waals surface area contributed by atoms with Crippen LogP contribution in [0.3, 0.4) is 0 Å². The molecule has 1 aromatic rings. The van der Waals surface area contributed by atoms with E-state index in [0.29, 0.717) is 0 Å². The molecule has 0 spiro atoms. The van der Waals surface area contributed by atoms with E-state index in [1.807, 2.05) is 29.2 Å². The Morgan fingerprint density at radius 2 is 2.00 bits per heavy atom. The number of hydrogen-bond donors (Lipinski definition) is 1. The van der Waals surface area contributed by atoms with Crippen LogP contribution in [0.15, 0.2) is 28.7 Å². The molecular formula is C12H15BrN2O. The zero-order valence-electron chi connectivity index (χ0n) is 9.08.